The minimum Gasteiger partial charge on any atom is -0.481 e. The zero-order chi connectivity index (χ0) is 25.0. The van der Waals surface area contributed by atoms with Gasteiger partial charge in [0, 0.05) is 18.5 Å². The molecule has 0 spiro atoms. The molecule has 2 aromatic carbocycles. The molecule has 0 bridgehead atoms. The molecule has 2 amide bonds. The van der Waals surface area contributed by atoms with Gasteiger partial charge in [0.1, 0.15) is 6.61 Å². The van der Waals surface area contributed by atoms with E-state index in [1.54, 1.807) is 13.8 Å². The molecule has 186 valence electrons. The summed E-state index contributed by atoms with van der Waals surface area (Å²) in [7, 11) is 0. The molecule has 0 radical (unpaired) electrons. The first-order chi connectivity index (χ1) is 16.8. The van der Waals surface area contributed by atoms with Crippen LogP contribution < -0.4 is 10.6 Å². The van der Waals surface area contributed by atoms with Crippen LogP contribution in [-0.2, 0) is 14.3 Å². The molecule has 0 saturated heterocycles. The van der Waals surface area contributed by atoms with Crippen molar-refractivity contribution < 1.29 is 24.2 Å². The van der Waals surface area contributed by atoms with E-state index >= 15 is 0 Å². The number of alkyl carbamates (subject to hydrolysis) is 1. The highest BCUT2D eigenvalue weighted by molar-refractivity contribution is 5.81. The van der Waals surface area contributed by atoms with Gasteiger partial charge in [0.05, 0.1) is 11.3 Å². The first-order valence-electron chi connectivity index (χ1n) is 12.4. The van der Waals surface area contributed by atoms with E-state index in [2.05, 4.69) is 34.9 Å². The van der Waals surface area contributed by atoms with E-state index in [9.17, 15) is 19.5 Å². The Hall–Kier alpha value is -3.35. The van der Waals surface area contributed by atoms with Crippen LogP contribution in [-0.4, -0.2) is 42.3 Å². The predicted molar refractivity (Wildman–Crippen MR) is 133 cm³/mol. The lowest BCUT2D eigenvalue weighted by Gasteiger charge is -2.31. The second-order valence-corrected chi connectivity index (χ2v) is 10.2. The minimum absolute atomic E-state index is 0.0174. The van der Waals surface area contributed by atoms with Gasteiger partial charge < -0.3 is 20.5 Å². The van der Waals surface area contributed by atoms with Gasteiger partial charge in [-0.3, -0.25) is 9.59 Å². The molecular weight excluding hydrogens is 444 g/mol. The number of fused-ring (bicyclic) bond motifs is 3. The lowest BCUT2D eigenvalue weighted by atomic mass is 9.83. The van der Waals surface area contributed by atoms with Gasteiger partial charge in [-0.15, -0.1) is 0 Å². The Morgan fingerprint density at radius 3 is 2.20 bits per heavy atom. The van der Waals surface area contributed by atoms with Crippen molar-refractivity contribution in [3.05, 3.63) is 59.7 Å². The summed E-state index contributed by atoms with van der Waals surface area (Å²) in [4.78, 5) is 36.9. The summed E-state index contributed by atoms with van der Waals surface area (Å²) >= 11 is 0. The SMILES string of the molecule is CC(C)(CCNC(=O)[C@@H]1CCCC[C@@H]1NC(=O)OCC1c2ccccc2-c2ccccc21)C(=O)O. The summed E-state index contributed by atoms with van der Waals surface area (Å²) in [5.41, 5.74) is 3.75. The van der Waals surface area contributed by atoms with Crippen molar-refractivity contribution in [2.24, 2.45) is 11.3 Å². The number of amides is 2. The molecule has 2 aromatic rings. The molecule has 0 unspecified atom stereocenters. The fourth-order valence-electron chi connectivity index (χ4n) is 5.15. The average Bonchev–Trinajstić information content (AvgIpc) is 3.16. The second-order valence-electron chi connectivity index (χ2n) is 10.2. The summed E-state index contributed by atoms with van der Waals surface area (Å²) in [5, 5.41) is 15.1. The number of rotatable bonds is 8. The van der Waals surface area contributed by atoms with Crippen LogP contribution in [0.5, 0.6) is 0 Å². The number of benzene rings is 2. The van der Waals surface area contributed by atoms with Crippen LogP contribution in [0, 0.1) is 11.3 Å². The molecule has 35 heavy (non-hydrogen) atoms. The van der Waals surface area contributed by atoms with E-state index in [1.807, 2.05) is 24.3 Å². The monoisotopic (exact) mass is 478 g/mol. The quantitative estimate of drug-likeness (QED) is 0.510. The van der Waals surface area contributed by atoms with E-state index in [-0.39, 0.29) is 36.9 Å². The fourth-order valence-corrected chi connectivity index (χ4v) is 5.15. The molecule has 7 heteroatoms. The van der Waals surface area contributed by atoms with Crippen LogP contribution in [0.3, 0.4) is 0 Å². The van der Waals surface area contributed by atoms with Crippen molar-refractivity contribution in [2.75, 3.05) is 13.2 Å². The number of carboxylic acids is 1. The van der Waals surface area contributed by atoms with Gasteiger partial charge in [0.15, 0.2) is 0 Å². The first kappa shape index (κ1) is 24.8. The second kappa shape index (κ2) is 10.5. The highest BCUT2D eigenvalue weighted by Gasteiger charge is 2.34. The molecule has 2 aliphatic carbocycles. The van der Waals surface area contributed by atoms with E-state index in [0.29, 0.717) is 19.3 Å². The minimum atomic E-state index is -0.904. The summed E-state index contributed by atoms with van der Waals surface area (Å²) in [6.07, 6.45) is 3.08. The van der Waals surface area contributed by atoms with Gasteiger partial charge in [-0.25, -0.2) is 4.79 Å². The Balaban J connectivity index is 1.33. The van der Waals surface area contributed by atoms with E-state index < -0.39 is 17.5 Å². The van der Waals surface area contributed by atoms with Gasteiger partial charge >= 0.3 is 12.1 Å². The summed E-state index contributed by atoms with van der Waals surface area (Å²) in [6, 6.07) is 16.1. The highest BCUT2D eigenvalue weighted by Crippen LogP contribution is 2.44. The van der Waals surface area contributed by atoms with E-state index in [1.165, 1.54) is 11.1 Å². The summed E-state index contributed by atoms with van der Waals surface area (Å²) in [5.74, 6) is -1.40. The largest absolute Gasteiger partial charge is 0.481 e. The summed E-state index contributed by atoms with van der Waals surface area (Å²) < 4.78 is 5.68. The maximum Gasteiger partial charge on any atom is 0.407 e. The lowest BCUT2D eigenvalue weighted by Crippen LogP contribution is -2.49. The lowest BCUT2D eigenvalue weighted by molar-refractivity contribution is -0.147. The van der Waals surface area contributed by atoms with E-state index in [0.717, 1.165) is 24.0 Å². The van der Waals surface area contributed by atoms with Crippen LogP contribution in [0.25, 0.3) is 11.1 Å². The number of carbonyl (C=O) groups is 3. The smallest absolute Gasteiger partial charge is 0.407 e. The van der Waals surface area contributed by atoms with Crippen LogP contribution in [0.4, 0.5) is 4.79 Å². The molecule has 1 saturated carbocycles. The molecule has 1 fully saturated rings. The number of hydrogen-bond donors (Lipinski definition) is 3. The molecule has 3 N–H and O–H groups in total. The number of carboxylic acid groups (broad SMARTS) is 1. The van der Waals surface area contributed by atoms with Crippen LogP contribution in [0.15, 0.2) is 48.5 Å². The Kier molecular flexibility index (Phi) is 7.43. The normalized spacial score (nSPS) is 19.4. The number of ether oxygens (including phenoxy) is 1. The van der Waals surface area contributed by atoms with Gasteiger partial charge in [-0.2, -0.15) is 0 Å². The van der Waals surface area contributed by atoms with Gasteiger partial charge in [0.25, 0.3) is 0 Å². The molecule has 0 aromatic heterocycles. The molecule has 2 aliphatic rings. The molecule has 0 aliphatic heterocycles. The van der Waals surface area contributed by atoms with Gasteiger partial charge in [0.2, 0.25) is 5.91 Å². The van der Waals surface area contributed by atoms with Crippen molar-refractivity contribution in [3.8, 4) is 11.1 Å². The molecular formula is C28H34N2O5. The Labute approximate surface area is 206 Å². The number of aliphatic carboxylic acids is 1. The number of carbonyl (C=O) groups excluding carboxylic acids is 2. The number of nitrogens with one attached hydrogen (secondary N) is 2. The third kappa shape index (κ3) is 5.50. The summed E-state index contributed by atoms with van der Waals surface area (Å²) in [6.45, 7) is 3.80. The van der Waals surface area contributed by atoms with Crippen LogP contribution in [0.1, 0.15) is 63.0 Å². The molecule has 2 atom stereocenters. The first-order valence-corrected chi connectivity index (χ1v) is 12.4. The van der Waals surface area contributed by atoms with Crippen molar-refractivity contribution in [2.45, 2.75) is 57.9 Å². The van der Waals surface area contributed by atoms with Gasteiger partial charge in [-0.05, 0) is 55.4 Å². The average molecular weight is 479 g/mol. The number of hydrogen-bond acceptors (Lipinski definition) is 4. The standard InChI is InChI=1S/C28H34N2O5/c1-28(2,26(32)33)15-16-29-25(31)22-13-7-8-14-24(22)30-27(34)35-17-23-20-11-5-3-9-18(20)19-10-4-6-12-21(19)23/h3-6,9-12,22-24H,7-8,13-17H2,1-2H3,(H,29,31)(H,30,34)(H,32,33)/t22-,24+/m1/s1. The van der Waals surface area contributed by atoms with Crippen molar-refractivity contribution in [1.82, 2.24) is 10.6 Å². The Morgan fingerprint density at radius 2 is 1.57 bits per heavy atom. The molecule has 4 rings (SSSR count). The zero-order valence-corrected chi connectivity index (χ0v) is 20.4. The Morgan fingerprint density at radius 1 is 0.971 bits per heavy atom. The fraction of sp³-hybridized carbons (Fsp3) is 0.464. The molecule has 7 nitrogen and oxygen atoms in total. The van der Waals surface area contributed by atoms with Crippen molar-refractivity contribution in [3.63, 3.8) is 0 Å². The zero-order valence-electron chi connectivity index (χ0n) is 20.4. The predicted octanol–water partition coefficient (Wildman–Crippen LogP) is 4.70. The maximum atomic E-state index is 12.8. The maximum absolute atomic E-state index is 12.8. The third-order valence-electron chi connectivity index (χ3n) is 7.38. The van der Waals surface area contributed by atoms with Crippen molar-refractivity contribution >= 4 is 18.0 Å². The van der Waals surface area contributed by atoms with E-state index in [4.69, 9.17) is 4.74 Å². The third-order valence-corrected chi connectivity index (χ3v) is 7.38. The Bertz CT molecular complexity index is 1050. The van der Waals surface area contributed by atoms with Crippen molar-refractivity contribution in [1.29, 1.82) is 0 Å². The topological polar surface area (TPSA) is 105 Å². The van der Waals surface area contributed by atoms with Crippen LogP contribution >= 0.6 is 0 Å². The van der Waals surface area contributed by atoms with Crippen LogP contribution in [0.2, 0.25) is 0 Å². The van der Waals surface area contributed by atoms with Gasteiger partial charge in [-0.1, -0.05) is 61.4 Å². The molecule has 0 heterocycles. The highest BCUT2D eigenvalue weighted by atomic mass is 16.5.